The Bertz CT molecular complexity index is 592. The van der Waals surface area contributed by atoms with E-state index in [-0.39, 0.29) is 0 Å². The molecule has 3 aliphatic carbocycles. The Morgan fingerprint density at radius 1 is 0.947 bits per heavy atom. The smallest absolute Gasteiger partial charge is 0.0000516 e. The molecule has 0 bridgehead atoms. The molecule has 0 unspecified atom stereocenters. The van der Waals surface area contributed by atoms with Crippen molar-refractivity contribution in [3.63, 3.8) is 0 Å². The maximum absolute atomic E-state index is 2.39. The maximum Gasteiger partial charge on any atom is -0.0000516 e. The van der Waals surface area contributed by atoms with Gasteiger partial charge in [0.2, 0.25) is 0 Å². The third kappa shape index (κ3) is 1.66. The first-order chi connectivity index (χ1) is 9.39. The number of hydrogen-bond donors (Lipinski definition) is 0. The van der Waals surface area contributed by atoms with Crippen LogP contribution in [-0.2, 0) is 5.41 Å². The Morgan fingerprint density at radius 3 is 2.68 bits per heavy atom. The average Bonchev–Trinajstić information content (AvgIpc) is 2.78. The minimum Gasteiger partial charge on any atom is -0.0801 e. The summed E-state index contributed by atoms with van der Waals surface area (Å²) in [6, 6.07) is 9.17. The number of allylic oxidation sites excluding steroid dienone is 6. The highest BCUT2D eigenvalue weighted by molar-refractivity contribution is 5.78. The van der Waals surface area contributed by atoms with Gasteiger partial charge in [-0.25, -0.2) is 0 Å². The molecule has 0 amide bonds. The van der Waals surface area contributed by atoms with E-state index in [9.17, 15) is 0 Å². The molecule has 0 nitrogen and oxygen atoms in total. The highest BCUT2D eigenvalue weighted by atomic mass is 14.4. The summed E-state index contributed by atoms with van der Waals surface area (Å²) in [5, 5.41) is 0. The van der Waals surface area contributed by atoms with Gasteiger partial charge >= 0.3 is 0 Å². The van der Waals surface area contributed by atoms with E-state index in [0.717, 1.165) is 6.42 Å². The first kappa shape index (κ1) is 11.3. The van der Waals surface area contributed by atoms with Crippen molar-refractivity contribution in [2.75, 3.05) is 0 Å². The monoisotopic (exact) mass is 248 g/mol. The van der Waals surface area contributed by atoms with E-state index >= 15 is 0 Å². The lowest BCUT2D eigenvalue weighted by molar-refractivity contribution is 0.433. The highest BCUT2D eigenvalue weighted by Gasteiger charge is 2.40. The van der Waals surface area contributed by atoms with Crippen LogP contribution in [0, 0.1) is 0 Å². The van der Waals surface area contributed by atoms with Crippen LogP contribution in [0.1, 0.15) is 49.7 Å². The topological polar surface area (TPSA) is 0 Å². The Morgan fingerprint density at radius 2 is 1.79 bits per heavy atom. The van der Waals surface area contributed by atoms with Crippen molar-refractivity contribution in [1.82, 2.24) is 0 Å². The number of fused-ring (bicyclic) bond motifs is 3. The minimum absolute atomic E-state index is 0.449. The summed E-state index contributed by atoms with van der Waals surface area (Å²) in [7, 11) is 0. The second kappa shape index (κ2) is 4.23. The number of rotatable bonds is 0. The van der Waals surface area contributed by atoms with Gasteiger partial charge in [-0.2, -0.15) is 0 Å². The molecule has 1 fully saturated rings. The zero-order chi connectivity index (χ0) is 12.7. The molecule has 3 aliphatic rings. The van der Waals surface area contributed by atoms with Crippen molar-refractivity contribution in [3.8, 4) is 0 Å². The van der Waals surface area contributed by atoms with Crippen LogP contribution in [0.4, 0.5) is 0 Å². The second-order valence-corrected chi connectivity index (χ2v) is 6.20. The minimum atomic E-state index is 0.449. The number of hydrogen-bond acceptors (Lipinski definition) is 0. The predicted octanol–water partition coefficient (Wildman–Crippen LogP) is 5.17. The van der Waals surface area contributed by atoms with Gasteiger partial charge in [0.1, 0.15) is 0 Å². The zero-order valence-electron chi connectivity index (χ0n) is 11.4. The number of benzene rings is 1. The quantitative estimate of drug-likeness (QED) is 0.594. The van der Waals surface area contributed by atoms with Crippen LogP contribution in [0.3, 0.4) is 0 Å². The molecule has 0 radical (unpaired) electrons. The molecule has 0 N–H and O–H groups in total. The lowest BCUT2D eigenvalue weighted by atomic mass is 9.66. The summed E-state index contributed by atoms with van der Waals surface area (Å²) >= 11 is 0. The van der Waals surface area contributed by atoms with Gasteiger partial charge in [0, 0.05) is 0 Å². The van der Waals surface area contributed by atoms with Gasteiger partial charge in [-0.05, 0) is 53.4 Å². The normalized spacial score (nSPS) is 23.4. The lowest BCUT2D eigenvalue weighted by Crippen LogP contribution is -2.27. The predicted molar refractivity (Wildman–Crippen MR) is 81.0 cm³/mol. The molecule has 1 aromatic rings. The summed E-state index contributed by atoms with van der Waals surface area (Å²) < 4.78 is 0. The van der Waals surface area contributed by atoms with Crippen LogP contribution in [0.15, 0.2) is 54.1 Å². The Labute approximate surface area is 115 Å². The summed E-state index contributed by atoms with van der Waals surface area (Å²) in [6.45, 7) is 0. The maximum atomic E-state index is 2.39. The molecule has 0 heterocycles. The van der Waals surface area contributed by atoms with Crippen LogP contribution in [0.25, 0.3) is 5.57 Å². The van der Waals surface area contributed by atoms with Gasteiger partial charge in [-0.1, -0.05) is 61.4 Å². The van der Waals surface area contributed by atoms with Gasteiger partial charge in [-0.3, -0.25) is 0 Å². The van der Waals surface area contributed by atoms with Gasteiger partial charge < -0.3 is 0 Å². The molecule has 0 heteroatoms. The van der Waals surface area contributed by atoms with E-state index < -0.39 is 0 Å². The average molecular weight is 248 g/mol. The molecule has 96 valence electrons. The lowest BCUT2D eigenvalue weighted by Gasteiger charge is -2.37. The molecular formula is C19H20. The first-order valence-corrected chi connectivity index (χ1v) is 7.54. The van der Waals surface area contributed by atoms with Gasteiger partial charge in [0.15, 0.2) is 0 Å². The molecule has 1 aromatic carbocycles. The van der Waals surface area contributed by atoms with Gasteiger partial charge in [-0.15, -0.1) is 0 Å². The van der Waals surface area contributed by atoms with Crippen LogP contribution in [0.2, 0.25) is 0 Å². The van der Waals surface area contributed by atoms with Crippen molar-refractivity contribution in [2.24, 2.45) is 0 Å². The second-order valence-electron chi connectivity index (χ2n) is 6.20. The van der Waals surface area contributed by atoms with E-state index in [1.54, 1.807) is 16.7 Å². The molecule has 0 atom stereocenters. The van der Waals surface area contributed by atoms with Crippen LogP contribution in [-0.4, -0.2) is 0 Å². The van der Waals surface area contributed by atoms with E-state index in [4.69, 9.17) is 0 Å². The van der Waals surface area contributed by atoms with Crippen molar-refractivity contribution < 1.29 is 0 Å². The zero-order valence-corrected chi connectivity index (χ0v) is 11.4. The third-order valence-electron chi connectivity index (χ3n) is 5.17. The Balaban J connectivity index is 1.94. The van der Waals surface area contributed by atoms with Crippen molar-refractivity contribution in [2.45, 2.75) is 43.9 Å². The summed E-state index contributed by atoms with van der Waals surface area (Å²) in [4.78, 5) is 0. The summed E-state index contributed by atoms with van der Waals surface area (Å²) in [5.41, 5.74) is 6.77. The van der Waals surface area contributed by atoms with Crippen molar-refractivity contribution in [1.29, 1.82) is 0 Å². The van der Waals surface area contributed by atoms with Crippen LogP contribution >= 0.6 is 0 Å². The Hall–Kier alpha value is -1.56. The van der Waals surface area contributed by atoms with Crippen molar-refractivity contribution in [3.05, 3.63) is 65.3 Å². The van der Waals surface area contributed by atoms with E-state index in [0.29, 0.717) is 5.41 Å². The molecule has 4 rings (SSSR count). The van der Waals surface area contributed by atoms with Crippen LogP contribution < -0.4 is 0 Å². The molecule has 0 aliphatic heterocycles. The summed E-state index contributed by atoms with van der Waals surface area (Å²) in [5.74, 6) is 0. The molecular weight excluding hydrogens is 228 g/mol. The summed E-state index contributed by atoms with van der Waals surface area (Å²) in [6.07, 6.45) is 17.0. The van der Waals surface area contributed by atoms with Gasteiger partial charge in [0.05, 0.1) is 0 Å². The molecule has 1 saturated carbocycles. The van der Waals surface area contributed by atoms with Crippen LogP contribution in [0.5, 0.6) is 0 Å². The van der Waals surface area contributed by atoms with Crippen molar-refractivity contribution >= 4 is 5.57 Å². The van der Waals surface area contributed by atoms with E-state index in [1.165, 1.54) is 37.7 Å². The fourth-order valence-corrected chi connectivity index (χ4v) is 4.28. The standard InChI is InChI=1S/C19H20/c1-2-8-15-14-19(12-6-7-13-19)18-11-5-4-10-17(18)16(15)9-3-1/h1-5,8,10-11H,6-7,9,12-14H2. The fourth-order valence-electron chi connectivity index (χ4n) is 4.28. The molecule has 0 saturated heterocycles. The fraction of sp³-hybridized carbons (Fsp3) is 0.368. The van der Waals surface area contributed by atoms with E-state index in [2.05, 4.69) is 48.6 Å². The SMILES string of the molecule is C1=CCC2=C(C=C1)CC1(CCCC1)c1ccccc12. The molecule has 1 spiro atoms. The van der Waals surface area contributed by atoms with Gasteiger partial charge in [0.25, 0.3) is 0 Å². The first-order valence-electron chi connectivity index (χ1n) is 7.54. The molecule has 19 heavy (non-hydrogen) atoms. The largest absolute Gasteiger partial charge is 0.0801 e. The molecule has 0 aromatic heterocycles. The van der Waals surface area contributed by atoms with E-state index in [1.807, 2.05) is 0 Å². The Kier molecular flexibility index (Phi) is 2.51. The third-order valence-corrected chi connectivity index (χ3v) is 5.17. The highest BCUT2D eigenvalue weighted by Crippen LogP contribution is 2.52.